The van der Waals surface area contributed by atoms with Crippen molar-refractivity contribution >= 4 is 5.95 Å². The molecule has 3 aromatic rings. The molecule has 2 heterocycles. The summed E-state index contributed by atoms with van der Waals surface area (Å²) in [6.45, 7) is 4.78. The van der Waals surface area contributed by atoms with Crippen LogP contribution in [0.15, 0.2) is 54.9 Å². The van der Waals surface area contributed by atoms with E-state index in [0.717, 1.165) is 18.1 Å². The Kier molecular flexibility index (Phi) is 4.14. The van der Waals surface area contributed by atoms with E-state index < -0.39 is 0 Å². The van der Waals surface area contributed by atoms with Gasteiger partial charge < -0.3 is 10.1 Å². The van der Waals surface area contributed by atoms with Crippen LogP contribution in [0.4, 0.5) is 5.95 Å². The van der Waals surface area contributed by atoms with Gasteiger partial charge in [0, 0.05) is 0 Å². The van der Waals surface area contributed by atoms with Gasteiger partial charge in [-0.05, 0) is 43.5 Å². The Balaban J connectivity index is 1.64. The SMILES string of the molecule is CCOc1ccc([C@H]2C[C@@H](c3ccc(C)cc3)n3ncnc3N2)cc1. The number of aromatic nitrogens is 3. The Morgan fingerprint density at radius 1 is 1.08 bits per heavy atom. The van der Waals surface area contributed by atoms with E-state index in [1.807, 2.05) is 23.7 Å². The van der Waals surface area contributed by atoms with Crippen molar-refractivity contribution in [3.8, 4) is 5.75 Å². The highest BCUT2D eigenvalue weighted by Crippen LogP contribution is 2.37. The summed E-state index contributed by atoms with van der Waals surface area (Å²) in [4.78, 5) is 4.39. The number of fused-ring (bicyclic) bond motifs is 1. The molecule has 25 heavy (non-hydrogen) atoms. The van der Waals surface area contributed by atoms with E-state index in [0.29, 0.717) is 6.61 Å². The highest BCUT2D eigenvalue weighted by Gasteiger charge is 2.29. The lowest BCUT2D eigenvalue weighted by Gasteiger charge is -2.32. The Labute approximate surface area is 147 Å². The predicted octanol–water partition coefficient (Wildman–Crippen LogP) is 4.13. The van der Waals surface area contributed by atoms with E-state index in [1.54, 1.807) is 6.33 Å². The van der Waals surface area contributed by atoms with E-state index in [-0.39, 0.29) is 12.1 Å². The maximum absolute atomic E-state index is 5.55. The minimum absolute atomic E-state index is 0.177. The van der Waals surface area contributed by atoms with Crippen molar-refractivity contribution in [1.82, 2.24) is 14.8 Å². The normalized spacial score (nSPS) is 19.1. The fraction of sp³-hybridized carbons (Fsp3) is 0.300. The number of anilines is 1. The first kappa shape index (κ1) is 15.7. The van der Waals surface area contributed by atoms with Crippen LogP contribution in [-0.4, -0.2) is 21.4 Å². The summed E-state index contributed by atoms with van der Waals surface area (Å²) in [6, 6.07) is 17.4. The molecular weight excluding hydrogens is 312 g/mol. The van der Waals surface area contributed by atoms with Crippen LogP contribution >= 0.6 is 0 Å². The highest BCUT2D eigenvalue weighted by atomic mass is 16.5. The lowest BCUT2D eigenvalue weighted by molar-refractivity contribution is 0.340. The number of hydrogen-bond acceptors (Lipinski definition) is 4. The van der Waals surface area contributed by atoms with Crippen LogP contribution in [0.2, 0.25) is 0 Å². The van der Waals surface area contributed by atoms with Gasteiger partial charge in [-0.15, -0.1) is 0 Å². The molecule has 0 amide bonds. The third kappa shape index (κ3) is 3.09. The van der Waals surface area contributed by atoms with E-state index in [9.17, 15) is 0 Å². The number of nitrogens with zero attached hydrogens (tertiary/aromatic N) is 3. The second kappa shape index (κ2) is 6.59. The molecule has 0 aliphatic carbocycles. The largest absolute Gasteiger partial charge is 0.494 e. The van der Waals surface area contributed by atoms with Gasteiger partial charge in [0.1, 0.15) is 12.1 Å². The van der Waals surface area contributed by atoms with E-state index >= 15 is 0 Å². The summed E-state index contributed by atoms with van der Waals surface area (Å²) in [6.07, 6.45) is 2.54. The molecule has 0 saturated carbocycles. The summed E-state index contributed by atoms with van der Waals surface area (Å²) in [5.74, 6) is 1.72. The van der Waals surface area contributed by atoms with Crippen molar-refractivity contribution in [2.45, 2.75) is 32.4 Å². The van der Waals surface area contributed by atoms with Crippen LogP contribution in [-0.2, 0) is 0 Å². The zero-order valence-corrected chi connectivity index (χ0v) is 14.5. The van der Waals surface area contributed by atoms with Gasteiger partial charge in [0.05, 0.1) is 18.7 Å². The van der Waals surface area contributed by atoms with Crippen molar-refractivity contribution in [1.29, 1.82) is 0 Å². The smallest absolute Gasteiger partial charge is 0.222 e. The van der Waals surface area contributed by atoms with Gasteiger partial charge in [0.2, 0.25) is 5.95 Å². The van der Waals surface area contributed by atoms with Crippen molar-refractivity contribution < 1.29 is 4.74 Å². The molecule has 4 rings (SSSR count). The topological polar surface area (TPSA) is 52.0 Å². The average Bonchev–Trinajstić information content (AvgIpc) is 3.11. The average molecular weight is 334 g/mol. The molecule has 0 unspecified atom stereocenters. The molecule has 1 aliphatic rings. The number of ether oxygens (including phenoxy) is 1. The fourth-order valence-electron chi connectivity index (χ4n) is 3.37. The zero-order valence-electron chi connectivity index (χ0n) is 14.5. The predicted molar refractivity (Wildman–Crippen MR) is 97.9 cm³/mol. The molecule has 1 aromatic heterocycles. The van der Waals surface area contributed by atoms with Gasteiger partial charge in [0.15, 0.2) is 0 Å². The van der Waals surface area contributed by atoms with E-state index in [4.69, 9.17) is 4.74 Å². The van der Waals surface area contributed by atoms with Gasteiger partial charge in [-0.2, -0.15) is 10.1 Å². The monoisotopic (exact) mass is 334 g/mol. The molecule has 128 valence electrons. The van der Waals surface area contributed by atoms with Gasteiger partial charge >= 0.3 is 0 Å². The minimum atomic E-state index is 0.177. The Morgan fingerprint density at radius 3 is 2.52 bits per heavy atom. The number of rotatable bonds is 4. The molecule has 2 atom stereocenters. The number of aryl methyl sites for hydroxylation is 1. The maximum atomic E-state index is 5.55. The van der Waals surface area contributed by atoms with Crippen molar-refractivity contribution in [2.24, 2.45) is 0 Å². The first-order valence-electron chi connectivity index (χ1n) is 8.70. The molecule has 1 aliphatic heterocycles. The molecule has 5 nitrogen and oxygen atoms in total. The summed E-state index contributed by atoms with van der Waals surface area (Å²) in [7, 11) is 0. The van der Waals surface area contributed by atoms with Crippen molar-refractivity contribution in [3.63, 3.8) is 0 Å². The van der Waals surface area contributed by atoms with Crippen LogP contribution in [0.25, 0.3) is 0 Å². The standard InChI is InChI=1S/C20H22N4O/c1-3-25-17-10-8-15(9-11-17)18-12-19(16-6-4-14(2)5-7-16)24-20(23-18)21-13-22-24/h4-11,13,18-19H,3,12H2,1-2H3,(H,21,22,23)/t18-,19+/m1/s1. The van der Waals surface area contributed by atoms with Crippen molar-refractivity contribution in [2.75, 3.05) is 11.9 Å². The van der Waals surface area contributed by atoms with E-state index in [1.165, 1.54) is 16.7 Å². The van der Waals surface area contributed by atoms with Crippen LogP contribution < -0.4 is 10.1 Å². The van der Waals surface area contributed by atoms with Gasteiger partial charge in [-0.25, -0.2) is 4.68 Å². The highest BCUT2D eigenvalue weighted by molar-refractivity contribution is 5.40. The second-order valence-electron chi connectivity index (χ2n) is 6.39. The Bertz CT molecular complexity index is 839. The third-order valence-electron chi connectivity index (χ3n) is 4.69. The second-order valence-corrected chi connectivity index (χ2v) is 6.39. The molecule has 0 radical (unpaired) electrons. The molecular formula is C20H22N4O. The lowest BCUT2D eigenvalue weighted by atomic mass is 9.93. The Morgan fingerprint density at radius 2 is 1.80 bits per heavy atom. The lowest BCUT2D eigenvalue weighted by Crippen LogP contribution is -2.28. The van der Waals surface area contributed by atoms with Crippen LogP contribution in [0, 0.1) is 6.92 Å². The first-order valence-corrected chi connectivity index (χ1v) is 8.70. The number of nitrogens with one attached hydrogen (secondary N) is 1. The quantitative estimate of drug-likeness (QED) is 0.779. The molecule has 0 fully saturated rings. The molecule has 0 bridgehead atoms. The van der Waals surface area contributed by atoms with Gasteiger partial charge in [-0.1, -0.05) is 42.0 Å². The van der Waals surface area contributed by atoms with Gasteiger partial charge in [0.25, 0.3) is 0 Å². The summed E-state index contributed by atoms with van der Waals surface area (Å²) < 4.78 is 7.53. The van der Waals surface area contributed by atoms with E-state index in [2.05, 4.69) is 58.7 Å². The summed E-state index contributed by atoms with van der Waals surface area (Å²) in [5, 5.41) is 7.93. The third-order valence-corrected chi connectivity index (χ3v) is 4.69. The Hall–Kier alpha value is -2.82. The number of hydrogen-bond donors (Lipinski definition) is 1. The zero-order chi connectivity index (χ0) is 17.2. The van der Waals surface area contributed by atoms with Crippen molar-refractivity contribution in [3.05, 3.63) is 71.5 Å². The summed E-state index contributed by atoms with van der Waals surface area (Å²) >= 11 is 0. The number of benzene rings is 2. The minimum Gasteiger partial charge on any atom is -0.494 e. The van der Waals surface area contributed by atoms with Gasteiger partial charge in [-0.3, -0.25) is 0 Å². The first-order chi connectivity index (χ1) is 12.2. The molecule has 1 N–H and O–H groups in total. The fourth-order valence-corrected chi connectivity index (χ4v) is 3.37. The van der Waals surface area contributed by atoms with Crippen LogP contribution in [0.3, 0.4) is 0 Å². The maximum Gasteiger partial charge on any atom is 0.222 e. The summed E-state index contributed by atoms with van der Waals surface area (Å²) in [5.41, 5.74) is 3.75. The van der Waals surface area contributed by atoms with Crippen LogP contribution in [0.1, 0.15) is 42.1 Å². The molecule has 0 spiro atoms. The van der Waals surface area contributed by atoms with Crippen LogP contribution in [0.5, 0.6) is 5.75 Å². The molecule has 5 heteroatoms. The molecule has 0 saturated heterocycles. The molecule has 2 aromatic carbocycles.